The van der Waals surface area contributed by atoms with Gasteiger partial charge in [-0.25, -0.2) is 4.98 Å². The number of aromatic nitrogens is 2. The maximum Gasteiger partial charge on any atom is 0.211 e. The van der Waals surface area contributed by atoms with Gasteiger partial charge in [0.05, 0.1) is 5.69 Å². The van der Waals surface area contributed by atoms with Gasteiger partial charge in [-0.3, -0.25) is 9.20 Å². The molecule has 0 aliphatic heterocycles. The van der Waals surface area contributed by atoms with Crippen LogP contribution < -0.4 is 0 Å². The zero-order valence-corrected chi connectivity index (χ0v) is 11.1. The summed E-state index contributed by atoms with van der Waals surface area (Å²) >= 11 is 0. The summed E-state index contributed by atoms with van der Waals surface area (Å²) in [4.78, 5) is 17.2. The number of rotatable bonds is 3. The number of imidazole rings is 1. The van der Waals surface area contributed by atoms with Crippen LogP contribution in [-0.4, -0.2) is 20.3 Å². The first-order chi connectivity index (χ1) is 9.70. The van der Waals surface area contributed by atoms with Crippen molar-refractivity contribution in [3.63, 3.8) is 0 Å². The molecular formula is C16H14N2O2. The predicted molar refractivity (Wildman–Crippen MR) is 76.1 cm³/mol. The maximum absolute atomic E-state index is 12.7. The second kappa shape index (κ2) is 4.81. The van der Waals surface area contributed by atoms with E-state index >= 15 is 0 Å². The molecule has 1 N–H and O–H groups in total. The Kier molecular flexibility index (Phi) is 2.99. The van der Waals surface area contributed by atoms with Crippen molar-refractivity contribution in [2.75, 3.05) is 0 Å². The van der Waals surface area contributed by atoms with Crippen molar-refractivity contribution in [2.45, 2.75) is 13.3 Å². The first-order valence-electron chi connectivity index (χ1n) is 6.50. The predicted octanol–water partition coefficient (Wildman–Crippen LogP) is 2.83. The van der Waals surface area contributed by atoms with E-state index in [0.717, 1.165) is 11.3 Å². The normalized spacial score (nSPS) is 10.8. The summed E-state index contributed by atoms with van der Waals surface area (Å²) < 4.78 is 1.81. The third-order valence-electron chi connectivity index (χ3n) is 3.28. The Hall–Kier alpha value is -2.62. The Morgan fingerprint density at radius 2 is 1.95 bits per heavy atom. The van der Waals surface area contributed by atoms with Crippen molar-refractivity contribution in [1.82, 2.24) is 9.38 Å². The van der Waals surface area contributed by atoms with Crippen LogP contribution in [0.3, 0.4) is 0 Å². The van der Waals surface area contributed by atoms with Crippen LogP contribution in [0.1, 0.15) is 28.7 Å². The average molecular weight is 266 g/mol. The lowest BCUT2D eigenvalue weighted by molar-refractivity contribution is 0.103. The molecule has 0 radical (unpaired) electrons. The van der Waals surface area contributed by atoms with E-state index in [0.29, 0.717) is 17.7 Å². The number of benzene rings is 1. The fourth-order valence-electron chi connectivity index (χ4n) is 2.28. The maximum atomic E-state index is 12.7. The van der Waals surface area contributed by atoms with Crippen LogP contribution in [0.15, 0.2) is 48.7 Å². The third kappa shape index (κ3) is 1.95. The summed E-state index contributed by atoms with van der Waals surface area (Å²) in [6.45, 7) is 1.98. The van der Waals surface area contributed by atoms with Gasteiger partial charge in [-0.2, -0.15) is 0 Å². The van der Waals surface area contributed by atoms with E-state index in [2.05, 4.69) is 4.98 Å². The monoisotopic (exact) mass is 266 g/mol. The lowest BCUT2D eigenvalue weighted by Crippen LogP contribution is -2.07. The number of carbonyl (C=O) groups excluding carboxylic acids is 1. The molecule has 0 amide bonds. The molecule has 4 heteroatoms. The number of hydrogen-bond acceptors (Lipinski definition) is 3. The standard InChI is InChI=1S/C16H14N2O2/c1-2-13-15(18-10-4-3-5-14(18)17-13)16(20)11-6-8-12(19)9-7-11/h3-10,19H,2H2,1H3. The van der Waals surface area contributed by atoms with Crippen molar-refractivity contribution in [3.05, 3.63) is 65.6 Å². The van der Waals surface area contributed by atoms with E-state index in [9.17, 15) is 9.90 Å². The molecule has 0 unspecified atom stereocenters. The number of phenols is 1. The van der Waals surface area contributed by atoms with E-state index in [1.54, 1.807) is 12.1 Å². The third-order valence-corrected chi connectivity index (χ3v) is 3.28. The van der Waals surface area contributed by atoms with Crippen molar-refractivity contribution in [3.8, 4) is 5.75 Å². The zero-order chi connectivity index (χ0) is 14.1. The number of aryl methyl sites for hydroxylation is 1. The minimum atomic E-state index is -0.0828. The molecule has 0 saturated carbocycles. The van der Waals surface area contributed by atoms with Crippen LogP contribution in [0.2, 0.25) is 0 Å². The molecule has 3 rings (SSSR count). The van der Waals surface area contributed by atoms with Gasteiger partial charge >= 0.3 is 0 Å². The molecule has 0 aliphatic carbocycles. The average Bonchev–Trinajstić information content (AvgIpc) is 2.85. The molecule has 2 heterocycles. The number of carbonyl (C=O) groups is 1. The second-order valence-electron chi connectivity index (χ2n) is 4.57. The number of aromatic hydroxyl groups is 1. The molecule has 2 aromatic heterocycles. The zero-order valence-electron chi connectivity index (χ0n) is 11.1. The Morgan fingerprint density at radius 3 is 2.65 bits per heavy atom. The molecule has 0 bridgehead atoms. The number of nitrogens with zero attached hydrogens (tertiary/aromatic N) is 2. The molecule has 0 atom stereocenters. The second-order valence-corrected chi connectivity index (χ2v) is 4.57. The topological polar surface area (TPSA) is 54.6 Å². The summed E-state index contributed by atoms with van der Waals surface area (Å²) in [5.41, 5.74) is 2.69. The quantitative estimate of drug-likeness (QED) is 0.742. The van der Waals surface area contributed by atoms with Gasteiger partial charge in [0.15, 0.2) is 0 Å². The molecule has 1 aromatic carbocycles. The molecular weight excluding hydrogens is 252 g/mol. The highest BCUT2D eigenvalue weighted by molar-refractivity contribution is 6.09. The number of phenolic OH excluding ortho intramolecular Hbond substituents is 1. The first kappa shape index (κ1) is 12.4. The Bertz CT molecular complexity index is 773. The highest BCUT2D eigenvalue weighted by Crippen LogP contribution is 2.19. The van der Waals surface area contributed by atoms with Crippen LogP contribution in [0, 0.1) is 0 Å². The van der Waals surface area contributed by atoms with Crippen LogP contribution in [0.25, 0.3) is 5.65 Å². The van der Waals surface area contributed by atoms with Gasteiger partial charge in [0, 0.05) is 11.8 Å². The van der Waals surface area contributed by atoms with E-state index < -0.39 is 0 Å². The lowest BCUT2D eigenvalue weighted by atomic mass is 10.1. The van der Waals surface area contributed by atoms with Gasteiger partial charge in [-0.1, -0.05) is 13.0 Å². The van der Waals surface area contributed by atoms with Crippen LogP contribution in [0.4, 0.5) is 0 Å². The van der Waals surface area contributed by atoms with Gasteiger partial charge in [-0.15, -0.1) is 0 Å². The highest BCUT2D eigenvalue weighted by Gasteiger charge is 2.19. The Balaban J connectivity index is 2.17. The van der Waals surface area contributed by atoms with E-state index in [1.165, 1.54) is 12.1 Å². The van der Waals surface area contributed by atoms with Crippen molar-refractivity contribution >= 4 is 11.4 Å². The van der Waals surface area contributed by atoms with Gasteiger partial charge in [0.2, 0.25) is 5.78 Å². The number of fused-ring (bicyclic) bond motifs is 1. The molecule has 4 nitrogen and oxygen atoms in total. The van der Waals surface area contributed by atoms with Crippen molar-refractivity contribution in [1.29, 1.82) is 0 Å². The van der Waals surface area contributed by atoms with Gasteiger partial charge in [0.1, 0.15) is 17.1 Å². The summed E-state index contributed by atoms with van der Waals surface area (Å²) in [5.74, 6) is 0.0657. The fraction of sp³-hybridized carbons (Fsp3) is 0.125. The fourth-order valence-corrected chi connectivity index (χ4v) is 2.28. The van der Waals surface area contributed by atoms with Crippen LogP contribution in [-0.2, 0) is 6.42 Å². The first-order valence-corrected chi connectivity index (χ1v) is 6.50. The van der Waals surface area contributed by atoms with Crippen LogP contribution >= 0.6 is 0 Å². The summed E-state index contributed by atoms with van der Waals surface area (Å²) in [6, 6.07) is 11.9. The van der Waals surface area contributed by atoms with Crippen molar-refractivity contribution in [2.24, 2.45) is 0 Å². The summed E-state index contributed by atoms with van der Waals surface area (Å²) in [7, 11) is 0. The van der Waals surface area contributed by atoms with Crippen molar-refractivity contribution < 1.29 is 9.90 Å². The molecule has 3 aromatic rings. The minimum absolute atomic E-state index is 0.0828. The van der Waals surface area contributed by atoms with E-state index in [-0.39, 0.29) is 11.5 Å². The number of ketones is 1. The van der Waals surface area contributed by atoms with Gasteiger partial charge in [0.25, 0.3) is 0 Å². The van der Waals surface area contributed by atoms with Crippen LogP contribution in [0.5, 0.6) is 5.75 Å². The molecule has 0 saturated heterocycles. The molecule has 0 fully saturated rings. The van der Waals surface area contributed by atoms with Gasteiger partial charge in [-0.05, 0) is 42.8 Å². The number of hydrogen-bond donors (Lipinski definition) is 1. The summed E-state index contributed by atoms with van der Waals surface area (Å²) in [5, 5.41) is 9.31. The number of pyridine rings is 1. The smallest absolute Gasteiger partial charge is 0.211 e. The SMILES string of the molecule is CCc1nc2ccccn2c1C(=O)c1ccc(O)cc1. The van der Waals surface area contributed by atoms with Gasteiger partial charge < -0.3 is 5.11 Å². The largest absolute Gasteiger partial charge is 0.508 e. The molecule has 100 valence electrons. The molecule has 0 aliphatic rings. The minimum Gasteiger partial charge on any atom is -0.508 e. The van der Waals surface area contributed by atoms with E-state index in [4.69, 9.17) is 0 Å². The summed E-state index contributed by atoms with van der Waals surface area (Å²) in [6.07, 6.45) is 2.54. The lowest BCUT2D eigenvalue weighted by Gasteiger charge is -2.03. The molecule has 0 spiro atoms. The Morgan fingerprint density at radius 1 is 1.20 bits per heavy atom. The Labute approximate surface area is 116 Å². The highest BCUT2D eigenvalue weighted by atomic mass is 16.3. The van der Waals surface area contributed by atoms with E-state index in [1.807, 2.05) is 35.7 Å². The molecule has 20 heavy (non-hydrogen) atoms.